The zero-order valence-corrected chi connectivity index (χ0v) is 21.5. The van der Waals surface area contributed by atoms with Gasteiger partial charge in [-0.1, -0.05) is 29.8 Å². The second-order valence-corrected chi connectivity index (χ2v) is 10.4. The highest BCUT2D eigenvalue weighted by Crippen LogP contribution is 2.34. The van der Waals surface area contributed by atoms with Crippen LogP contribution in [0.4, 0.5) is 5.69 Å². The molecule has 3 aromatic rings. The number of carbonyl (C=O) groups excluding carboxylic acids is 1. The van der Waals surface area contributed by atoms with Gasteiger partial charge in [-0.15, -0.1) is 0 Å². The number of benzene rings is 3. The highest BCUT2D eigenvalue weighted by atomic mass is 35.5. The standard InChI is InChI=1S/C26H27ClN2O6S/c1-3-33-23-7-5-4-6-22(23)29(36(31,32)21-11-9-20(27)10-12-21)17-26(30)28-18(2)19-8-13-24-25(16-19)35-15-14-34-24/h4-13,16,18H,3,14-15,17H2,1-2H3,(H,28,30)/t18-/m1/s1. The molecular weight excluding hydrogens is 504 g/mol. The topological polar surface area (TPSA) is 94.2 Å². The molecule has 1 heterocycles. The fourth-order valence-corrected chi connectivity index (χ4v) is 5.36. The third-order valence-corrected chi connectivity index (χ3v) is 7.59. The summed E-state index contributed by atoms with van der Waals surface area (Å²) in [6.07, 6.45) is 0. The van der Waals surface area contributed by atoms with Crippen molar-refractivity contribution in [2.24, 2.45) is 0 Å². The maximum Gasteiger partial charge on any atom is 0.264 e. The molecule has 0 aliphatic carbocycles. The molecule has 0 spiro atoms. The molecule has 0 saturated carbocycles. The fraction of sp³-hybridized carbons (Fsp3) is 0.269. The molecule has 0 aromatic heterocycles. The number of hydrogen-bond acceptors (Lipinski definition) is 6. The molecule has 3 aromatic carbocycles. The average molecular weight is 531 g/mol. The Bertz CT molecular complexity index is 1330. The van der Waals surface area contributed by atoms with Crippen LogP contribution >= 0.6 is 11.6 Å². The first kappa shape index (κ1) is 25.7. The Morgan fingerprint density at radius 2 is 1.75 bits per heavy atom. The van der Waals surface area contributed by atoms with Gasteiger partial charge in [-0.05, 0) is 67.9 Å². The average Bonchev–Trinajstić information content (AvgIpc) is 2.88. The number of para-hydroxylation sites is 2. The van der Waals surface area contributed by atoms with Crippen LogP contribution in [0.1, 0.15) is 25.5 Å². The molecule has 0 bridgehead atoms. The second kappa shape index (κ2) is 11.1. The molecule has 0 unspecified atom stereocenters. The predicted molar refractivity (Wildman–Crippen MR) is 138 cm³/mol. The summed E-state index contributed by atoms with van der Waals surface area (Å²) < 4.78 is 45.2. The van der Waals surface area contributed by atoms with E-state index >= 15 is 0 Å². The van der Waals surface area contributed by atoms with E-state index in [0.29, 0.717) is 42.1 Å². The van der Waals surface area contributed by atoms with Crippen LogP contribution in [0, 0.1) is 0 Å². The number of carbonyl (C=O) groups is 1. The number of hydrogen-bond donors (Lipinski definition) is 1. The first-order valence-electron chi connectivity index (χ1n) is 11.5. The van der Waals surface area contributed by atoms with Crippen molar-refractivity contribution in [2.75, 3.05) is 30.7 Å². The molecule has 1 aliphatic rings. The van der Waals surface area contributed by atoms with Crippen molar-refractivity contribution in [3.63, 3.8) is 0 Å². The van der Waals surface area contributed by atoms with E-state index in [9.17, 15) is 13.2 Å². The number of anilines is 1. The van der Waals surface area contributed by atoms with Crippen LogP contribution in [-0.4, -0.2) is 40.7 Å². The summed E-state index contributed by atoms with van der Waals surface area (Å²) in [5.41, 5.74) is 1.06. The van der Waals surface area contributed by atoms with E-state index in [1.54, 1.807) is 37.3 Å². The van der Waals surface area contributed by atoms with Gasteiger partial charge < -0.3 is 19.5 Å². The van der Waals surface area contributed by atoms with Crippen molar-refractivity contribution in [1.82, 2.24) is 5.32 Å². The summed E-state index contributed by atoms with van der Waals surface area (Å²) in [7, 11) is -4.12. The Morgan fingerprint density at radius 1 is 1.06 bits per heavy atom. The normalized spacial score (nSPS) is 13.5. The number of nitrogens with zero attached hydrogens (tertiary/aromatic N) is 1. The van der Waals surface area contributed by atoms with Crippen molar-refractivity contribution in [1.29, 1.82) is 0 Å². The summed E-state index contributed by atoms with van der Waals surface area (Å²) in [5.74, 6) is 1.13. The molecule has 4 rings (SSSR count). The zero-order valence-electron chi connectivity index (χ0n) is 19.9. The molecule has 1 amide bonds. The lowest BCUT2D eigenvalue weighted by Gasteiger charge is -2.27. The minimum atomic E-state index is -4.12. The Hall–Kier alpha value is -3.43. The van der Waals surface area contributed by atoms with Gasteiger partial charge in [0.15, 0.2) is 11.5 Å². The SMILES string of the molecule is CCOc1ccccc1N(CC(=O)N[C@H](C)c1ccc2c(c1)OCCO2)S(=O)(=O)c1ccc(Cl)cc1. The van der Waals surface area contributed by atoms with E-state index in [0.717, 1.165) is 9.87 Å². The van der Waals surface area contributed by atoms with Crippen molar-refractivity contribution in [2.45, 2.75) is 24.8 Å². The number of ether oxygens (including phenoxy) is 3. The van der Waals surface area contributed by atoms with Gasteiger partial charge in [-0.25, -0.2) is 8.42 Å². The maximum atomic E-state index is 13.7. The smallest absolute Gasteiger partial charge is 0.264 e. The monoisotopic (exact) mass is 530 g/mol. The Balaban J connectivity index is 1.61. The van der Waals surface area contributed by atoms with Crippen LogP contribution in [0.2, 0.25) is 5.02 Å². The highest BCUT2D eigenvalue weighted by Gasteiger charge is 2.30. The van der Waals surface area contributed by atoms with Crippen molar-refractivity contribution >= 4 is 33.2 Å². The summed E-state index contributed by atoms with van der Waals surface area (Å²) in [5, 5.41) is 3.29. The zero-order chi connectivity index (χ0) is 25.7. The van der Waals surface area contributed by atoms with Crippen LogP contribution in [0.25, 0.3) is 0 Å². The van der Waals surface area contributed by atoms with Gasteiger partial charge in [0.25, 0.3) is 10.0 Å². The molecule has 0 fully saturated rings. The minimum Gasteiger partial charge on any atom is -0.492 e. The van der Waals surface area contributed by atoms with Gasteiger partial charge in [0.1, 0.15) is 25.5 Å². The molecule has 190 valence electrons. The Kier molecular flexibility index (Phi) is 7.91. The summed E-state index contributed by atoms with van der Waals surface area (Å²) in [6.45, 7) is 4.43. The van der Waals surface area contributed by atoms with Gasteiger partial charge in [-0.3, -0.25) is 9.10 Å². The molecule has 36 heavy (non-hydrogen) atoms. The van der Waals surface area contributed by atoms with Crippen LogP contribution in [0.3, 0.4) is 0 Å². The first-order chi connectivity index (χ1) is 17.3. The molecular formula is C26H27ClN2O6S. The Morgan fingerprint density at radius 3 is 2.47 bits per heavy atom. The van der Waals surface area contributed by atoms with E-state index in [1.165, 1.54) is 24.3 Å². The van der Waals surface area contributed by atoms with E-state index < -0.39 is 28.5 Å². The summed E-state index contributed by atoms with van der Waals surface area (Å²) in [6, 6.07) is 17.5. The summed E-state index contributed by atoms with van der Waals surface area (Å²) >= 11 is 5.96. The number of rotatable bonds is 9. The lowest BCUT2D eigenvalue weighted by atomic mass is 10.1. The van der Waals surface area contributed by atoms with Gasteiger partial charge in [-0.2, -0.15) is 0 Å². The summed E-state index contributed by atoms with van der Waals surface area (Å²) in [4.78, 5) is 13.2. The van der Waals surface area contributed by atoms with Crippen molar-refractivity contribution < 1.29 is 27.4 Å². The van der Waals surface area contributed by atoms with Crippen LogP contribution in [-0.2, 0) is 14.8 Å². The van der Waals surface area contributed by atoms with E-state index in [1.807, 2.05) is 19.1 Å². The van der Waals surface area contributed by atoms with Gasteiger partial charge in [0.2, 0.25) is 5.91 Å². The fourth-order valence-electron chi connectivity index (χ4n) is 3.80. The molecule has 0 saturated heterocycles. The quantitative estimate of drug-likeness (QED) is 0.435. The molecule has 1 N–H and O–H groups in total. The van der Waals surface area contributed by atoms with Gasteiger partial charge in [0.05, 0.1) is 23.2 Å². The number of sulfonamides is 1. The first-order valence-corrected chi connectivity index (χ1v) is 13.3. The largest absolute Gasteiger partial charge is 0.492 e. The minimum absolute atomic E-state index is 0.00545. The molecule has 1 atom stereocenters. The van der Waals surface area contributed by atoms with Gasteiger partial charge in [0, 0.05) is 5.02 Å². The van der Waals surface area contributed by atoms with Crippen LogP contribution in [0.5, 0.6) is 17.2 Å². The lowest BCUT2D eigenvalue weighted by molar-refractivity contribution is -0.120. The van der Waals surface area contributed by atoms with Gasteiger partial charge >= 0.3 is 0 Å². The predicted octanol–water partition coefficient (Wildman–Crippen LogP) is 4.58. The van der Waals surface area contributed by atoms with E-state index in [4.69, 9.17) is 25.8 Å². The lowest BCUT2D eigenvalue weighted by Crippen LogP contribution is -2.41. The third kappa shape index (κ3) is 5.68. The number of nitrogens with one attached hydrogen (secondary N) is 1. The second-order valence-electron chi connectivity index (χ2n) is 8.06. The van der Waals surface area contributed by atoms with Crippen molar-refractivity contribution in [3.8, 4) is 17.2 Å². The van der Waals surface area contributed by atoms with Crippen molar-refractivity contribution in [3.05, 3.63) is 77.3 Å². The third-order valence-electron chi connectivity index (χ3n) is 5.57. The molecule has 10 heteroatoms. The van der Waals surface area contributed by atoms with Crippen LogP contribution < -0.4 is 23.8 Å². The Labute approximate surface area is 215 Å². The molecule has 0 radical (unpaired) electrons. The highest BCUT2D eigenvalue weighted by molar-refractivity contribution is 7.92. The number of fused-ring (bicyclic) bond motifs is 1. The van der Waals surface area contributed by atoms with E-state index in [-0.39, 0.29) is 10.6 Å². The van der Waals surface area contributed by atoms with Crippen LogP contribution in [0.15, 0.2) is 71.6 Å². The molecule has 8 nitrogen and oxygen atoms in total. The maximum absolute atomic E-state index is 13.7. The van der Waals surface area contributed by atoms with E-state index in [2.05, 4.69) is 5.32 Å². The number of halogens is 1. The number of amides is 1. The molecule has 1 aliphatic heterocycles.